The smallest absolute Gasteiger partial charge is 0.378 e. The highest BCUT2D eigenvalue weighted by Gasteiger charge is 2.35. The molecule has 6 heteroatoms. The Bertz CT molecular complexity index is 469. The maximum absolute atomic E-state index is 13.9. The van der Waals surface area contributed by atoms with Crippen LogP contribution in [0.3, 0.4) is 0 Å². The Balaban J connectivity index is 1.97. The predicted octanol–water partition coefficient (Wildman–Crippen LogP) is 4.19. The Hall–Kier alpha value is -1.14. The van der Waals surface area contributed by atoms with Gasteiger partial charge in [-0.1, -0.05) is 12.1 Å². The van der Waals surface area contributed by atoms with Crippen LogP contribution in [-0.2, 0) is 10.9 Å². The number of ether oxygens (including phenoxy) is 1. The first-order valence-corrected chi connectivity index (χ1v) is 7.12. The molecule has 1 aromatic carbocycles. The summed E-state index contributed by atoms with van der Waals surface area (Å²) in [5.41, 5.74) is 4.52. The predicted molar refractivity (Wildman–Crippen MR) is 71.2 cm³/mol. The van der Waals surface area contributed by atoms with E-state index < -0.39 is 23.6 Å². The molecule has 2 rings (SSSR count). The minimum absolute atomic E-state index is 0.0721. The molecule has 2 unspecified atom stereocenters. The van der Waals surface area contributed by atoms with E-state index >= 15 is 0 Å². The van der Waals surface area contributed by atoms with E-state index in [1.807, 2.05) is 0 Å². The monoisotopic (exact) mass is 305 g/mol. The van der Waals surface area contributed by atoms with E-state index in [0.717, 1.165) is 31.9 Å². The third-order valence-electron chi connectivity index (χ3n) is 3.80. The topological polar surface area (TPSA) is 35.2 Å². The molecule has 0 spiro atoms. The van der Waals surface area contributed by atoms with E-state index in [2.05, 4.69) is 0 Å². The van der Waals surface area contributed by atoms with Crippen molar-refractivity contribution >= 4 is 0 Å². The van der Waals surface area contributed by atoms with Gasteiger partial charge in [0.1, 0.15) is 5.82 Å². The van der Waals surface area contributed by atoms with Gasteiger partial charge in [0.15, 0.2) is 0 Å². The van der Waals surface area contributed by atoms with E-state index in [1.165, 1.54) is 12.1 Å². The zero-order chi connectivity index (χ0) is 15.5. The molecule has 0 bridgehead atoms. The molecule has 2 N–H and O–H groups in total. The lowest BCUT2D eigenvalue weighted by Crippen LogP contribution is -2.17. The number of hydrogen-bond donors (Lipinski definition) is 1. The molecule has 1 heterocycles. The summed E-state index contributed by atoms with van der Waals surface area (Å²) < 4.78 is 57.3. The summed E-state index contributed by atoms with van der Waals surface area (Å²) in [6.07, 6.45) is -0.471. The largest absolute Gasteiger partial charge is 0.419 e. The Morgan fingerprint density at radius 2 is 2.10 bits per heavy atom. The molecule has 0 radical (unpaired) electrons. The Kier molecular flexibility index (Phi) is 5.22. The second-order valence-corrected chi connectivity index (χ2v) is 5.38. The number of alkyl halides is 3. The quantitative estimate of drug-likeness (QED) is 0.828. The van der Waals surface area contributed by atoms with Crippen LogP contribution in [-0.4, -0.2) is 12.7 Å². The molecule has 21 heavy (non-hydrogen) atoms. The minimum Gasteiger partial charge on any atom is -0.378 e. The molecule has 2 atom stereocenters. The molecule has 0 aliphatic carbocycles. The van der Waals surface area contributed by atoms with Crippen LogP contribution in [0.5, 0.6) is 0 Å². The molecule has 0 saturated carbocycles. The van der Waals surface area contributed by atoms with Gasteiger partial charge >= 0.3 is 6.18 Å². The summed E-state index contributed by atoms with van der Waals surface area (Å²) in [7, 11) is 0. The van der Waals surface area contributed by atoms with Crippen molar-refractivity contribution in [3.05, 3.63) is 35.1 Å². The van der Waals surface area contributed by atoms with Crippen molar-refractivity contribution in [2.24, 2.45) is 5.73 Å². The fourth-order valence-electron chi connectivity index (χ4n) is 2.65. The van der Waals surface area contributed by atoms with Crippen LogP contribution in [0.4, 0.5) is 17.6 Å². The lowest BCUT2D eigenvalue weighted by molar-refractivity contribution is -0.140. The highest BCUT2D eigenvalue weighted by molar-refractivity contribution is 5.30. The molecule has 0 amide bonds. The molecule has 1 fully saturated rings. The van der Waals surface area contributed by atoms with Gasteiger partial charge in [-0.3, -0.25) is 0 Å². The summed E-state index contributed by atoms with van der Waals surface area (Å²) in [5, 5.41) is 0. The summed E-state index contributed by atoms with van der Waals surface area (Å²) in [6.45, 7) is 0.763. The zero-order valence-corrected chi connectivity index (χ0v) is 11.6. The van der Waals surface area contributed by atoms with Gasteiger partial charge in [-0.15, -0.1) is 0 Å². The summed E-state index contributed by atoms with van der Waals surface area (Å²) >= 11 is 0. The van der Waals surface area contributed by atoms with Crippen LogP contribution in [0, 0.1) is 5.82 Å². The summed E-state index contributed by atoms with van der Waals surface area (Å²) in [5.74, 6) is -1.25. The van der Waals surface area contributed by atoms with E-state index in [1.54, 1.807) is 0 Å². The maximum Gasteiger partial charge on any atom is 0.419 e. The van der Waals surface area contributed by atoms with Crippen LogP contribution in [0.25, 0.3) is 0 Å². The molecule has 1 aliphatic rings. The molecule has 118 valence electrons. The summed E-state index contributed by atoms with van der Waals surface area (Å²) in [6, 6.07) is 2.52. The first kappa shape index (κ1) is 16.2. The average molecular weight is 305 g/mol. The van der Waals surface area contributed by atoms with Gasteiger partial charge in [-0.2, -0.15) is 13.2 Å². The SMILES string of the molecule is NC(CCCC1CCCO1)c1cccc(C(F)(F)F)c1F. The number of halogens is 4. The van der Waals surface area contributed by atoms with Crippen molar-refractivity contribution in [3.8, 4) is 0 Å². The third kappa shape index (κ3) is 4.17. The average Bonchev–Trinajstić information content (AvgIpc) is 2.90. The van der Waals surface area contributed by atoms with Gasteiger partial charge in [0.05, 0.1) is 11.7 Å². The Labute approximate surface area is 121 Å². The first-order valence-electron chi connectivity index (χ1n) is 7.12. The van der Waals surface area contributed by atoms with Crippen LogP contribution in [0.1, 0.15) is 49.3 Å². The van der Waals surface area contributed by atoms with Crippen molar-refractivity contribution < 1.29 is 22.3 Å². The zero-order valence-electron chi connectivity index (χ0n) is 11.6. The second-order valence-electron chi connectivity index (χ2n) is 5.38. The standard InChI is InChI=1S/C15H19F4NO/c16-14-11(6-2-7-12(14)15(17,18)19)13(20)8-1-4-10-5-3-9-21-10/h2,6-7,10,13H,1,3-5,8-9,20H2. The van der Waals surface area contributed by atoms with Crippen molar-refractivity contribution in [1.29, 1.82) is 0 Å². The van der Waals surface area contributed by atoms with Crippen LogP contribution >= 0.6 is 0 Å². The van der Waals surface area contributed by atoms with Crippen LogP contribution in [0.15, 0.2) is 18.2 Å². The molecule has 2 nitrogen and oxygen atoms in total. The molecular formula is C15H19F4NO. The second kappa shape index (κ2) is 6.75. The molecule has 1 aliphatic heterocycles. The van der Waals surface area contributed by atoms with Gasteiger partial charge < -0.3 is 10.5 Å². The lowest BCUT2D eigenvalue weighted by Gasteiger charge is -2.17. The van der Waals surface area contributed by atoms with Gasteiger partial charge in [-0.05, 0) is 38.2 Å². The Morgan fingerprint density at radius 3 is 2.71 bits per heavy atom. The molecule has 1 aromatic rings. The number of rotatable bonds is 5. The van der Waals surface area contributed by atoms with Crippen molar-refractivity contribution in [2.75, 3.05) is 6.61 Å². The normalized spacial score (nSPS) is 20.7. The van der Waals surface area contributed by atoms with E-state index in [9.17, 15) is 17.6 Å². The fraction of sp³-hybridized carbons (Fsp3) is 0.600. The third-order valence-corrected chi connectivity index (χ3v) is 3.80. The minimum atomic E-state index is -4.70. The highest BCUT2D eigenvalue weighted by Crippen LogP contribution is 2.34. The van der Waals surface area contributed by atoms with E-state index in [-0.39, 0.29) is 11.7 Å². The number of nitrogens with two attached hydrogens (primary N) is 1. The van der Waals surface area contributed by atoms with Crippen LogP contribution < -0.4 is 5.73 Å². The Morgan fingerprint density at radius 1 is 1.33 bits per heavy atom. The van der Waals surface area contributed by atoms with E-state index in [0.29, 0.717) is 12.8 Å². The van der Waals surface area contributed by atoms with Gasteiger partial charge in [0.25, 0.3) is 0 Å². The molecule has 1 saturated heterocycles. The molecule has 0 aromatic heterocycles. The fourth-order valence-corrected chi connectivity index (χ4v) is 2.65. The first-order chi connectivity index (χ1) is 9.89. The van der Waals surface area contributed by atoms with Gasteiger partial charge in [0.2, 0.25) is 0 Å². The molecular weight excluding hydrogens is 286 g/mol. The summed E-state index contributed by atoms with van der Waals surface area (Å²) in [4.78, 5) is 0. The van der Waals surface area contributed by atoms with Gasteiger partial charge in [0, 0.05) is 18.2 Å². The van der Waals surface area contributed by atoms with Crippen LogP contribution in [0.2, 0.25) is 0 Å². The number of hydrogen-bond acceptors (Lipinski definition) is 2. The van der Waals surface area contributed by atoms with E-state index in [4.69, 9.17) is 10.5 Å². The van der Waals surface area contributed by atoms with Crippen molar-refractivity contribution in [3.63, 3.8) is 0 Å². The number of benzene rings is 1. The van der Waals surface area contributed by atoms with Crippen molar-refractivity contribution in [1.82, 2.24) is 0 Å². The van der Waals surface area contributed by atoms with Crippen molar-refractivity contribution in [2.45, 2.75) is 50.4 Å². The lowest BCUT2D eigenvalue weighted by atomic mass is 9.97. The maximum atomic E-state index is 13.9. The highest BCUT2D eigenvalue weighted by atomic mass is 19.4. The van der Waals surface area contributed by atoms with Gasteiger partial charge in [-0.25, -0.2) is 4.39 Å².